The number of aromatic amines is 1. The molecule has 1 unspecified atom stereocenters. The molecule has 0 bridgehead atoms. The van der Waals surface area contributed by atoms with Gasteiger partial charge in [0.25, 0.3) is 0 Å². The van der Waals surface area contributed by atoms with Gasteiger partial charge in [0.15, 0.2) is 0 Å². The number of halogens is 1. The number of nitrogen functional groups attached to an aromatic ring is 1. The van der Waals surface area contributed by atoms with Gasteiger partial charge in [-0.15, -0.1) is 0 Å². The van der Waals surface area contributed by atoms with Crippen LogP contribution in [0.4, 0.5) is 16.2 Å². The van der Waals surface area contributed by atoms with E-state index in [4.69, 9.17) is 22.4 Å². The predicted molar refractivity (Wildman–Crippen MR) is 126 cm³/mol. The first-order chi connectivity index (χ1) is 15.8. The Morgan fingerprint density at radius 2 is 1.88 bits per heavy atom. The Kier molecular flexibility index (Phi) is 5.03. The van der Waals surface area contributed by atoms with E-state index < -0.39 is 11.7 Å². The number of fused-ring (bicyclic) bond motifs is 1. The van der Waals surface area contributed by atoms with Gasteiger partial charge >= 0.3 is 6.09 Å². The fourth-order valence-corrected chi connectivity index (χ4v) is 4.38. The second-order valence-corrected chi connectivity index (χ2v) is 8.41. The number of aliphatic hydroxyl groups is 1. The Hall–Kier alpha value is -3.88. The molecule has 1 aliphatic carbocycles. The summed E-state index contributed by atoms with van der Waals surface area (Å²) in [7, 11) is 0. The molecule has 166 valence electrons. The highest BCUT2D eigenvalue weighted by Gasteiger charge is 2.41. The molecule has 9 heteroatoms. The molecule has 2 aromatic carbocycles. The lowest BCUT2D eigenvalue weighted by Crippen LogP contribution is -2.25. The zero-order valence-electron chi connectivity index (χ0n) is 17.3. The first-order valence-corrected chi connectivity index (χ1v) is 10.6. The minimum atomic E-state index is -1.29. The van der Waals surface area contributed by atoms with Crippen LogP contribution in [0.5, 0.6) is 0 Å². The quantitative estimate of drug-likeness (QED) is 0.280. The van der Waals surface area contributed by atoms with Gasteiger partial charge in [0.2, 0.25) is 0 Å². The number of carbonyl (C=O) groups is 1. The lowest BCUT2D eigenvalue weighted by Gasteiger charge is -2.21. The number of benzene rings is 2. The van der Waals surface area contributed by atoms with E-state index in [9.17, 15) is 9.90 Å². The number of imidazole rings is 1. The van der Waals surface area contributed by atoms with Crippen LogP contribution >= 0.6 is 11.6 Å². The Morgan fingerprint density at radius 1 is 1.09 bits per heavy atom. The average Bonchev–Trinajstić information content (AvgIpc) is 3.42. The van der Waals surface area contributed by atoms with E-state index >= 15 is 0 Å². The Bertz CT molecular complexity index is 1370. The summed E-state index contributed by atoms with van der Waals surface area (Å²) in [6.45, 7) is 0. The van der Waals surface area contributed by atoms with Crippen molar-refractivity contribution >= 4 is 29.1 Å². The van der Waals surface area contributed by atoms with E-state index in [2.05, 4.69) is 20.3 Å². The third-order valence-electron chi connectivity index (χ3n) is 5.87. The predicted octanol–water partition coefficient (Wildman–Crippen LogP) is 4.65. The molecule has 5 rings (SSSR count). The third kappa shape index (κ3) is 3.79. The van der Waals surface area contributed by atoms with E-state index in [0.29, 0.717) is 46.5 Å². The minimum absolute atomic E-state index is 0.460. The molecule has 0 saturated heterocycles. The van der Waals surface area contributed by atoms with Crippen LogP contribution in [0, 0.1) is 0 Å². The van der Waals surface area contributed by atoms with Crippen LogP contribution in [0.3, 0.4) is 0 Å². The number of hydrogen-bond donors (Lipinski definition) is 5. The molecular weight excluding hydrogens is 442 g/mol. The maximum Gasteiger partial charge on any atom is 0.409 e. The van der Waals surface area contributed by atoms with Crippen molar-refractivity contribution in [3.8, 4) is 22.5 Å². The van der Waals surface area contributed by atoms with Crippen molar-refractivity contribution in [2.45, 2.75) is 18.4 Å². The van der Waals surface area contributed by atoms with Gasteiger partial charge < -0.3 is 20.9 Å². The Morgan fingerprint density at radius 3 is 2.64 bits per heavy atom. The molecule has 1 amide bonds. The SMILES string of the molecule is Nc1ccc(Cl)cc1-c1cnc2c(c1)CCC2(O)c1cnc(-c2ccc(NC(=O)O)cc2)[nH]1. The lowest BCUT2D eigenvalue weighted by atomic mass is 9.96. The summed E-state index contributed by atoms with van der Waals surface area (Å²) in [5.74, 6) is 0.567. The number of nitrogens with one attached hydrogen (secondary N) is 2. The lowest BCUT2D eigenvalue weighted by molar-refractivity contribution is 0.0747. The zero-order chi connectivity index (χ0) is 23.2. The summed E-state index contributed by atoms with van der Waals surface area (Å²) in [5, 5.41) is 23.2. The molecule has 2 heterocycles. The van der Waals surface area contributed by atoms with Crippen molar-refractivity contribution in [3.05, 3.63) is 82.9 Å². The Labute approximate surface area is 194 Å². The van der Waals surface area contributed by atoms with Crippen molar-refractivity contribution in [2.24, 2.45) is 0 Å². The van der Waals surface area contributed by atoms with E-state index in [1.807, 2.05) is 6.07 Å². The van der Waals surface area contributed by atoms with E-state index in [1.165, 1.54) is 0 Å². The maximum absolute atomic E-state index is 11.5. The molecule has 0 radical (unpaired) electrons. The topological polar surface area (TPSA) is 137 Å². The zero-order valence-corrected chi connectivity index (χ0v) is 18.1. The van der Waals surface area contributed by atoms with Crippen molar-refractivity contribution < 1.29 is 15.0 Å². The number of H-pyrrole nitrogens is 1. The average molecular weight is 462 g/mol. The van der Waals surface area contributed by atoms with Crippen LogP contribution < -0.4 is 11.1 Å². The summed E-state index contributed by atoms with van der Waals surface area (Å²) in [5.41, 5.74) is 10.4. The molecule has 1 aliphatic rings. The van der Waals surface area contributed by atoms with Crippen molar-refractivity contribution in [3.63, 3.8) is 0 Å². The van der Waals surface area contributed by atoms with Gasteiger partial charge in [-0.2, -0.15) is 0 Å². The van der Waals surface area contributed by atoms with Gasteiger partial charge in [-0.25, -0.2) is 9.78 Å². The Balaban J connectivity index is 1.45. The molecule has 6 N–H and O–H groups in total. The number of hydrogen-bond acceptors (Lipinski definition) is 5. The number of amides is 1. The maximum atomic E-state index is 11.5. The number of rotatable bonds is 4. The number of nitrogens with zero attached hydrogens (tertiary/aromatic N) is 2. The van der Waals surface area contributed by atoms with Crippen molar-refractivity contribution in [1.82, 2.24) is 15.0 Å². The number of aryl methyl sites for hydroxylation is 1. The fourth-order valence-electron chi connectivity index (χ4n) is 4.21. The number of carboxylic acid groups (broad SMARTS) is 1. The summed E-state index contributed by atoms with van der Waals surface area (Å²) in [6, 6.07) is 14.1. The second kappa shape index (κ2) is 7.91. The number of anilines is 2. The second-order valence-electron chi connectivity index (χ2n) is 7.98. The van der Waals surface area contributed by atoms with Crippen LogP contribution in [0.2, 0.25) is 5.02 Å². The minimum Gasteiger partial charge on any atom is -0.465 e. The molecule has 0 aliphatic heterocycles. The number of aromatic nitrogens is 3. The highest BCUT2D eigenvalue weighted by atomic mass is 35.5. The molecule has 8 nitrogen and oxygen atoms in total. The molecule has 0 fully saturated rings. The normalized spacial score (nSPS) is 17.0. The summed E-state index contributed by atoms with van der Waals surface area (Å²) in [4.78, 5) is 23.0. The number of pyridine rings is 1. The molecule has 4 aromatic rings. The fraction of sp³-hybridized carbons (Fsp3) is 0.125. The van der Waals surface area contributed by atoms with E-state index in [0.717, 1.165) is 22.3 Å². The summed E-state index contributed by atoms with van der Waals surface area (Å²) >= 11 is 6.14. The molecule has 33 heavy (non-hydrogen) atoms. The summed E-state index contributed by atoms with van der Waals surface area (Å²) in [6.07, 6.45) is 3.30. The number of nitrogens with two attached hydrogens (primary N) is 1. The van der Waals surface area contributed by atoms with Gasteiger partial charge in [0.1, 0.15) is 11.4 Å². The van der Waals surface area contributed by atoms with Crippen molar-refractivity contribution in [2.75, 3.05) is 11.1 Å². The largest absolute Gasteiger partial charge is 0.465 e. The first-order valence-electron chi connectivity index (χ1n) is 10.3. The van der Waals surface area contributed by atoms with Crippen molar-refractivity contribution in [1.29, 1.82) is 0 Å². The van der Waals surface area contributed by atoms with Crippen LogP contribution in [0.1, 0.15) is 23.4 Å². The van der Waals surface area contributed by atoms with Crippen LogP contribution in [0.15, 0.2) is 60.9 Å². The highest BCUT2D eigenvalue weighted by molar-refractivity contribution is 6.31. The van der Waals surface area contributed by atoms with Gasteiger partial charge in [-0.05, 0) is 66.9 Å². The van der Waals surface area contributed by atoms with Gasteiger partial charge in [0.05, 0.1) is 17.6 Å². The first kappa shape index (κ1) is 21.0. The molecule has 0 spiro atoms. The van der Waals surface area contributed by atoms with Crippen LogP contribution in [-0.4, -0.2) is 31.3 Å². The molecule has 0 saturated carbocycles. The van der Waals surface area contributed by atoms with E-state index in [-0.39, 0.29) is 0 Å². The molecular formula is C24H20ClN5O3. The van der Waals surface area contributed by atoms with Crippen LogP contribution in [0.25, 0.3) is 22.5 Å². The van der Waals surface area contributed by atoms with Gasteiger partial charge in [-0.1, -0.05) is 11.6 Å². The standard InChI is InChI=1S/C24H20ClN5O3/c25-16-3-6-19(26)18(10-16)15-9-14-7-8-24(33,21(14)27-11-15)20-12-28-22(30-20)13-1-4-17(5-2-13)29-23(31)32/h1-6,9-12,29,33H,7-8,26H2,(H,28,30)(H,31,32). The van der Waals surface area contributed by atoms with Gasteiger partial charge in [0, 0.05) is 39.3 Å². The smallest absolute Gasteiger partial charge is 0.409 e. The molecule has 2 aromatic heterocycles. The van der Waals surface area contributed by atoms with Gasteiger partial charge in [-0.3, -0.25) is 10.3 Å². The van der Waals surface area contributed by atoms with E-state index in [1.54, 1.807) is 54.9 Å². The molecule has 1 atom stereocenters. The summed E-state index contributed by atoms with van der Waals surface area (Å²) < 4.78 is 0. The highest BCUT2D eigenvalue weighted by Crippen LogP contribution is 2.42. The third-order valence-corrected chi connectivity index (χ3v) is 6.11. The monoisotopic (exact) mass is 461 g/mol. The van der Waals surface area contributed by atoms with Crippen LogP contribution in [-0.2, 0) is 12.0 Å².